The molecule has 2 fully saturated rings. The van der Waals surface area contributed by atoms with Crippen molar-refractivity contribution < 1.29 is 19.0 Å². The molecule has 2 rings (SSSR count). The molecule has 4 heteroatoms. The number of alkyl halides is 1. The third-order valence-corrected chi connectivity index (χ3v) is 3.94. The lowest BCUT2D eigenvalue weighted by Gasteiger charge is -2.47. The van der Waals surface area contributed by atoms with Crippen molar-refractivity contribution in [3.05, 3.63) is 0 Å². The largest absolute Gasteiger partial charge is 0.481 e. The Labute approximate surface area is 95.0 Å². The van der Waals surface area contributed by atoms with Gasteiger partial charge >= 0.3 is 5.97 Å². The molecule has 3 nitrogen and oxygen atoms in total. The second-order valence-corrected chi connectivity index (χ2v) is 5.48. The second-order valence-electron chi connectivity index (χ2n) is 5.48. The first-order valence-corrected chi connectivity index (χ1v) is 5.96. The minimum absolute atomic E-state index is 0.195. The first-order valence-electron chi connectivity index (χ1n) is 5.96. The Hall–Kier alpha value is -0.640. The van der Waals surface area contributed by atoms with Crippen molar-refractivity contribution in [2.24, 2.45) is 17.8 Å². The molecule has 92 valence electrons. The van der Waals surface area contributed by atoms with Gasteiger partial charge in [0.25, 0.3) is 0 Å². The number of aliphatic carboxylic acids is 1. The molecule has 1 saturated carbocycles. The van der Waals surface area contributed by atoms with Gasteiger partial charge in [-0.3, -0.25) is 4.79 Å². The third-order valence-electron chi connectivity index (χ3n) is 3.94. The van der Waals surface area contributed by atoms with E-state index in [1.54, 1.807) is 6.92 Å². The molecular formula is C12H19FO3. The lowest BCUT2D eigenvalue weighted by atomic mass is 9.65. The highest BCUT2D eigenvalue weighted by Gasteiger charge is 2.46. The van der Waals surface area contributed by atoms with Crippen LogP contribution in [0.5, 0.6) is 0 Å². The standard InChI is InChI=1S/C12H19FO3/c1-12(13)4-8-6-16-7-9(5-12)10(8)2-3-11(14)15/h8-10H,2-7H2,1H3,(H,14,15). The number of fused-ring (bicyclic) bond motifs is 2. The van der Waals surface area contributed by atoms with Crippen LogP contribution in [0.4, 0.5) is 4.39 Å². The van der Waals surface area contributed by atoms with Crippen LogP contribution in [-0.4, -0.2) is 30.0 Å². The number of carboxylic acids is 1. The number of hydrogen-bond acceptors (Lipinski definition) is 2. The maximum absolute atomic E-state index is 14.0. The summed E-state index contributed by atoms with van der Waals surface area (Å²) in [4.78, 5) is 10.6. The summed E-state index contributed by atoms with van der Waals surface area (Å²) in [6.07, 6.45) is 1.91. The van der Waals surface area contributed by atoms with Gasteiger partial charge in [0.1, 0.15) is 5.67 Å². The van der Waals surface area contributed by atoms with Crippen LogP contribution in [0.15, 0.2) is 0 Å². The van der Waals surface area contributed by atoms with Crippen molar-refractivity contribution in [2.75, 3.05) is 13.2 Å². The molecule has 2 bridgehead atoms. The molecule has 0 amide bonds. The van der Waals surface area contributed by atoms with Gasteiger partial charge in [0.2, 0.25) is 0 Å². The van der Waals surface area contributed by atoms with E-state index in [-0.39, 0.29) is 18.3 Å². The fourth-order valence-electron chi connectivity index (χ4n) is 3.36. The minimum atomic E-state index is -1.08. The van der Waals surface area contributed by atoms with Gasteiger partial charge in [-0.1, -0.05) is 0 Å². The van der Waals surface area contributed by atoms with Crippen LogP contribution < -0.4 is 0 Å². The molecule has 2 aliphatic rings. The maximum atomic E-state index is 14.0. The van der Waals surface area contributed by atoms with Crippen molar-refractivity contribution in [1.29, 1.82) is 0 Å². The Balaban J connectivity index is 2.00. The highest BCUT2D eigenvalue weighted by atomic mass is 19.1. The van der Waals surface area contributed by atoms with Gasteiger partial charge < -0.3 is 9.84 Å². The number of rotatable bonds is 3. The minimum Gasteiger partial charge on any atom is -0.481 e. The van der Waals surface area contributed by atoms with Crippen molar-refractivity contribution >= 4 is 5.97 Å². The number of carboxylic acid groups (broad SMARTS) is 1. The first-order chi connectivity index (χ1) is 7.48. The zero-order valence-corrected chi connectivity index (χ0v) is 9.62. The molecule has 2 unspecified atom stereocenters. The van der Waals surface area contributed by atoms with Crippen molar-refractivity contribution in [3.63, 3.8) is 0 Å². The van der Waals surface area contributed by atoms with Gasteiger partial charge in [-0.05, 0) is 43.9 Å². The quantitative estimate of drug-likeness (QED) is 0.808. The van der Waals surface area contributed by atoms with Crippen LogP contribution >= 0.6 is 0 Å². The molecule has 16 heavy (non-hydrogen) atoms. The zero-order chi connectivity index (χ0) is 11.8. The molecule has 0 spiro atoms. The van der Waals surface area contributed by atoms with E-state index in [9.17, 15) is 9.18 Å². The van der Waals surface area contributed by atoms with Gasteiger partial charge in [0.15, 0.2) is 0 Å². The Morgan fingerprint density at radius 3 is 2.50 bits per heavy atom. The first kappa shape index (κ1) is 11.8. The third kappa shape index (κ3) is 2.54. The fraction of sp³-hybridized carbons (Fsp3) is 0.917. The maximum Gasteiger partial charge on any atom is 0.303 e. The Morgan fingerprint density at radius 2 is 2.00 bits per heavy atom. The predicted octanol–water partition coefficient (Wildman–Crippen LogP) is 2.25. The highest BCUT2D eigenvalue weighted by molar-refractivity contribution is 5.66. The molecule has 0 radical (unpaired) electrons. The topological polar surface area (TPSA) is 46.5 Å². The summed E-state index contributed by atoms with van der Waals surface area (Å²) in [5, 5.41) is 8.70. The fourth-order valence-corrected chi connectivity index (χ4v) is 3.36. The smallest absolute Gasteiger partial charge is 0.303 e. The van der Waals surface area contributed by atoms with E-state index in [2.05, 4.69) is 0 Å². The predicted molar refractivity (Wildman–Crippen MR) is 56.9 cm³/mol. The number of ether oxygens (including phenoxy) is 1. The summed E-state index contributed by atoms with van der Waals surface area (Å²) in [6, 6.07) is 0. The number of halogens is 1. The van der Waals surface area contributed by atoms with Crippen LogP contribution in [0.3, 0.4) is 0 Å². The van der Waals surface area contributed by atoms with Crippen LogP contribution in [0.1, 0.15) is 32.6 Å². The van der Waals surface area contributed by atoms with E-state index in [1.807, 2.05) is 0 Å². The van der Waals surface area contributed by atoms with Crippen LogP contribution in [0.25, 0.3) is 0 Å². The van der Waals surface area contributed by atoms with Crippen LogP contribution in [0.2, 0.25) is 0 Å². The molecule has 0 aromatic carbocycles. The molecule has 1 saturated heterocycles. The summed E-state index contributed by atoms with van der Waals surface area (Å²) in [5.41, 5.74) is -1.08. The number of carbonyl (C=O) groups is 1. The lowest BCUT2D eigenvalue weighted by molar-refractivity contribution is -0.139. The summed E-state index contributed by atoms with van der Waals surface area (Å²) in [7, 11) is 0. The molecule has 2 atom stereocenters. The molecule has 1 N–H and O–H groups in total. The van der Waals surface area contributed by atoms with Crippen LogP contribution in [0, 0.1) is 17.8 Å². The average Bonchev–Trinajstić information content (AvgIpc) is 2.13. The van der Waals surface area contributed by atoms with Gasteiger partial charge in [-0.2, -0.15) is 0 Å². The van der Waals surface area contributed by atoms with Crippen molar-refractivity contribution in [3.8, 4) is 0 Å². The lowest BCUT2D eigenvalue weighted by Crippen LogP contribution is -2.47. The Morgan fingerprint density at radius 1 is 1.44 bits per heavy atom. The highest BCUT2D eigenvalue weighted by Crippen LogP contribution is 2.46. The molecule has 0 aromatic rings. The normalized spacial score (nSPS) is 43.0. The van der Waals surface area contributed by atoms with E-state index in [1.165, 1.54) is 0 Å². The summed E-state index contributed by atoms with van der Waals surface area (Å²) >= 11 is 0. The molecular weight excluding hydrogens is 211 g/mol. The van der Waals surface area contributed by atoms with Crippen molar-refractivity contribution in [2.45, 2.75) is 38.3 Å². The summed E-state index contributed by atoms with van der Waals surface area (Å²) in [5.74, 6) is 0.00458. The van der Waals surface area contributed by atoms with E-state index in [4.69, 9.17) is 9.84 Å². The van der Waals surface area contributed by atoms with E-state index in [0.29, 0.717) is 38.4 Å². The van der Waals surface area contributed by atoms with Gasteiger partial charge in [0.05, 0.1) is 0 Å². The second kappa shape index (κ2) is 4.32. The Bertz CT molecular complexity index is 261. The molecule has 1 heterocycles. The Kier molecular flexibility index (Phi) is 3.19. The molecule has 1 aliphatic heterocycles. The van der Waals surface area contributed by atoms with Crippen molar-refractivity contribution in [1.82, 2.24) is 0 Å². The molecule has 0 aromatic heterocycles. The van der Waals surface area contributed by atoms with E-state index >= 15 is 0 Å². The van der Waals surface area contributed by atoms with Gasteiger partial charge in [-0.25, -0.2) is 4.39 Å². The van der Waals surface area contributed by atoms with Gasteiger partial charge in [-0.15, -0.1) is 0 Å². The van der Waals surface area contributed by atoms with E-state index in [0.717, 1.165) is 0 Å². The molecule has 1 aliphatic carbocycles. The SMILES string of the molecule is CC1(F)CC2COCC(C1)C2CCC(=O)O. The van der Waals surface area contributed by atoms with E-state index < -0.39 is 11.6 Å². The monoisotopic (exact) mass is 230 g/mol. The number of hydrogen-bond donors (Lipinski definition) is 1. The summed E-state index contributed by atoms with van der Waals surface area (Å²) in [6.45, 7) is 2.85. The zero-order valence-electron chi connectivity index (χ0n) is 9.62. The average molecular weight is 230 g/mol. The van der Waals surface area contributed by atoms with Crippen LogP contribution in [-0.2, 0) is 9.53 Å². The van der Waals surface area contributed by atoms with Gasteiger partial charge in [0, 0.05) is 19.6 Å². The summed E-state index contributed by atoms with van der Waals surface area (Å²) < 4.78 is 19.4.